The molecule has 1 N–H and O–H groups in total. The average Bonchev–Trinajstić information content (AvgIpc) is 2.26. The first kappa shape index (κ1) is 11.1. The van der Waals surface area contributed by atoms with E-state index in [0.717, 1.165) is 12.6 Å². The number of amides is 1. The van der Waals surface area contributed by atoms with Gasteiger partial charge in [0.25, 0.3) is 11.6 Å². The van der Waals surface area contributed by atoms with Gasteiger partial charge < -0.3 is 5.32 Å². The van der Waals surface area contributed by atoms with E-state index in [1.165, 1.54) is 12.3 Å². The largest absolute Gasteiger partial charge is 0.352 e. The van der Waals surface area contributed by atoms with Crippen LogP contribution in [0.3, 0.4) is 0 Å². The summed E-state index contributed by atoms with van der Waals surface area (Å²) in [6.45, 7) is 2.47. The van der Waals surface area contributed by atoms with Gasteiger partial charge in [-0.1, -0.05) is 6.92 Å². The van der Waals surface area contributed by atoms with Gasteiger partial charge in [-0.25, -0.2) is 0 Å². The molecule has 0 aromatic carbocycles. The van der Waals surface area contributed by atoms with E-state index < -0.39 is 4.92 Å². The predicted molar refractivity (Wildman–Crippen MR) is 53.5 cm³/mol. The number of pyridine rings is 1. The molecule has 1 rings (SSSR count). The van der Waals surface area contributed by atoms with E-state index >= 15 is 0 Å². The van der Waals surface area contributed by atoms with Crippen LogP contribution in [0.15, 0.2) is 18.5 Å². The van der Waals surface area contributed by atoms with Crippen LogP contribution in [-0.2, 0) is 0 Å². The molecule has 1 heterocycles. The minimum atomic E-state index is -0.580. The van der Waals surface area contributed by atoms with Crippen molar-refractivity contribution in [3.63, 3.8) is 0 Å². The Morgan fingerprint density at radius 2 is 2.33 bits per heavy atom. The standard InChI is InChI=1S/C9H11N3O3/c1-2-3-11-9(13)7-4-8(12(14)15)6-10-5-7/h4-6H,2-3H2,1H3,(H,11,13). The van der Waals surface area contributed by atoms with Gasteiger partial charge in [-0.2, -0.15) is 0 Å². The Bertz CT molecular complexity index is 379. The summed E-state index contributed by atoms with van der Waals surface area (Å²) in [5.74, 6) is -0.340. The van der Waals surface area contributed by atoms with Crippen LogP contribution in [0.5, 0.6) is 0 Å². The van der Waals surface area contributed by atoms with Crippen molar-refractivity contribution < 1.29 is 9.72 Å². The van der Waals surface area contributed by atoms with E-state index in [9.17, 15) is 14.9 Å². The van der Waals surface area contributed by atoms with Crippen LogP contribution in [0, 0.1) is 10.1 Å². The maximum absolute atomic E-state index is 11.4. The lowest BCUT2D eigenvalue weighted by Crippen LogP contribution is -2.24. The third-order valence-corrected chi connectivity index (χ3v) is 1.73. The molecule has 6 heteroatoms. The van der Waals surface area contributed by atoms with E-state index in [4.69, 9.17) is 0 Å². The van der Waals surface area contributed by atoms with Gasteiger partial charge in [-0.15, -0.1) is 0 Å². The number of rotatable bonds is 4. The van der Waals surface area contributed by atoms with Gasteiger partial charge in [0.1, 0.15) is 6.20 Å². The van der Waals surface area contributed by atoms with Crippen LogP contribution >= 0.6 is 0 Å². The van der Waals surface area contributed by atoms with Crippen LogP contribution in [0.25, 0.3) is 0 Å². The summed E-state index contributed by atoms with van der Waals surface area (Å²) in [4.78, 5) is 24.9. The first-order chi connectivity index (χ1) is 7.15. The zero-order valence-corrected chi connectivity index (χ0v) is 8.27. The lowest BCUT2D eigenvalue weighted by atomic mass is 10.2. The third kappa shape index (κ3) is 3.01. The maximum Gasteiger partial charge on any atom is 0.288 e. The highest BCUT2D eigenvalue weighted by molar-refractivity contribution is 5.94. The Kier molecular flexibility index (Phi) is 3.73. The van der Waals surface area contributed by atoms with Crippen LogP contribution in [0.4, 0.5) is 5.69 Å². The molecule has 0 atom stereocenters. The lowest BCUT2D eigenvalue weighted by Gasteiger charge is -2.02. The minimum absolute atomic E-state index is 0.181. The van der Waals surface area contributed by atoms with Gasteiger partial charge in [0, 0.05) is 18.8 Å². The molecule has 6 nitrogen and oxygen atoms in total. The molecule has 0 aliphatic rings. The first-order valence-electron chi connectivity index (χ1n) is 4.52. The number of hydrogen-bond donors (Lipinski definition) is 1. The number of hydrogen-bond acceptors (Lipinski definition) is 4. The summed E-state index contributed by atoms with van der Waals surface area (Å²) in [6.07, 6.45) is 3.22. The van der Waals surface area contributed by atoms with E-state index in [1.807, 2.05) is 6.92 Å². The van der Waals surface area contributed by atoms with Gasteiger partial charge >= 0.3 is 0 Å². The van der Waals surface area contributed by atoms with E-state index in [1.54, 1.807) is 0 Å². The quantitative estimate of drug-likeness (QED) is 0.595. The molecule has 0 aliphatic heterocycles. The van der Waals surface area contributed by atoms with Crippen molar-refractivity contribution >= 4 is 11.6 Å². The van der Waals surface area contributed by atoms with Crippen LogP contribution in [-0.4, -0.2) is 22.4 Å². The molecular formula is C9H11N3O3. The van der Waals surface area contributed by atoms with Crippen molar-refractivity contribution in [2.75, 3.05) is 6.54 Å². The van der Waals surface area contributed by atoms with Gasteiger partial charge in [-0.05, 0) is 6.42 Å². The minimum Gasteiger partial charge on any atom is -0.352 e. The van der Waals surface area contributed by atoms with Crippen LogP contribution in [0.1, 0.15) is 23.7 Å². The second kappa shape index (κ2) is 5.04. The molecule has 80 valence electrons. The molecule has 0 radical (unpaired) electrons. The number of carbonyl (C=O) groups excluding carboxylic acids is 1. The van der Waals surface area contributed by atoms with Gasteiger partial charge in [-0.3, -0.25) is 19.9 Å². The Hall–Kier alpha value is -1.98. The normalized spacial score (nSPS) is 9.67. The van der Waals surface area contributed by atoms with Gasteiger partial charge in [0.05, 0.1) is 10.5 Å². The second-order valence-electron chi connectivity index (χ2n) is 2.94. The molecule has 0 saturated heterocycles. The molecular weight excluding hydrogens is 198 g/mol. The van der Waals surface area contributed by atoms with E-state index in [0.29, 0.717) is 6.54 Å². The van der Waals surface area contributed by atoms with Gasteiger partial charge in [0.15, 0.2) is 0 Å². The van der Waals surface area contributed by atoms with Crippen LogP contribution < -0.4 is 5.32 Å². The van der Waals surface area contributed by atoms with Crippen molar-refractivity contribution in [1.29, 1.82) is 0 Å². The highest BCUT2D eigenvalue weighted by atomic mass is 16.6. The highest BCUT2D eigenvalue weighted by Crippen LogP contribution is 2.10. The molecule has 15 heavy (non-hydrogen) atoms. The van der Waals surface area contributed by atoms with Crippen molar-refractivity contribution in [3.05, 3.63) is 34.1 Å². The summed E-state index contributed by atoms with van der Waals surface area (Å²) >= 11 is 0. The molecule has 1 aromatic rings. The fourth-order valence-corrected chi connectivity index (χ4v) is 0.992. The average molecular weight is 209 g/mol. The fraction of sp³-hybridized carbons (Fsp3) is 0.333. The van der Waals surface area contributed by atoms with Gasteiger partial charge in [0.2, 0.25) is 0 Å². The Morgan fingerprint density at radius 3 is 2.93 bits per heavy atom. The molecule has 1 aromatic heterocycles. The number of nitrogens with one attached hydrogen (secondary N) is 1. The molecule has 0 fully saturated rings. The summed E-state index contributed by atoms with van der Waals surface area (Å²) < 4.78 is 0. The number of nitro groups is 1. The molecule has 1 amide bonds. The summed E-state index contributed by atoms with van der Waals surface area (Å²) in [5.41, 5.74) is 0.0248. The van der Waals surface area contributed by atoms with Crippen molar-refractivity contribution in [3.8, 4) is 0 Å². The molecule has 0 bridgehead atoms. The number of carbonyl (C=O) groups is 1. The monoisotopic (exact) mass is 209 g/mol. The second-order valence-corrected chi connectivity index (χ2v) is 2.94. The fourth-order valence-electron chi connectivity index (χ4n) is 0.992. The highest BCUT2D eigenvalue weighted by Gasteiger charge is 2.11. The summed E-state index contributed by atoms with van der Waals surface area (Å²) in [5, 5.41) is 13.0. The maximum atomic E-state index is 11.4. The first-order valence-corrected chi connectivity index (χ1v) is 4.52. The zero-order chi connectivity index (χ0) is 11.3. The van der Waals surface area contributed by atoms with Crippen molar-refractivity contribution in [2.45, 2.75) is 13.3 Å². The smallest absolute Gasteiger partial charge is 0.288 e. The number of nitrogens with zero attached hydrogens (tertiary/aromatic N) is 2. The summed E-state index contributed by atoms with van der Waals surface area (Å²) in [6, 6.07) is 1.21. The van der Waals surface area contributed by atoms with Crippen molar-refractivity contribution in [1.82, 2.24) is 10.3 Å². The predicted octanol–water partition coefficient (Wildman–Crippen LogP) is 1.13. The Balaban J connectivity index is 2.81. The lowest BCUT2D eigenvalue weighted by molar-refractivity contribution is -0.385. The van der Waals surface area contributed by atoms with Crippen LogP contribution in [0.2, 0.25) is 0 Å². The zero-order valence-electron chi connectivity index (χ0n) is 8.27. The number of aromatic nitrogens is 1. The Labute approximate surface area is 86.5 Å². The van der Waals surface area contributed by atoms with E-state index in [2.05, 4.69) is 10.3 Å². The van der Waals surface area contributed by atoms with Crippen molar-refractivity contribution in [2.24, 2.45) is 0 Å². The molecule has 0 aliphatic carbocycles. The Morgan fingerprint density at radius 1 is 1.60 bits per heavy atom. The SMILES string of the molecule is CCCNC(=O)c1cncc([N+](=O)[O-])c1. The molecule has 0 saturated carbocycles. The van der Waals surface area contributed by atoms with E-state index in [-0.39, 0.29) is 17.2 Å². The molecule has 0 spiro atoms. The molecule has 0 unspecified atom stereocenters. The third-order valence-electron chi connectivity index (χ3n) is 1.73. The topological polar surface area (TPSA) is 85.1 Å². The summed E-state index contributed by atoms with van der Waals surface area (Å²) in [7, 11) is 0.